The molecule has 0 bridgehead atoms. The van der Waals surface area contributed by atoms with Crippen molar-refractivity contribution in [2.75, 3.05) is 61.2 Å². The number of benzene rings is 1. The van der Waals surface area contributed by atoms with Gasteiger partial charge in [-0.1, -0.05) is 13.8 Å². The van der Waals surface area contributed by atoms with Crippen LogP contribution in [0.15, 0.2) is 17.1 Å². The summed E-state index contributed by atoms with van der Waals surface area (Å²) in [5, 5.41) is 6.83. The van der Waals surface area contributed by atoms with E-state index in [4.69, 9.17) is 18.9 Å². The number of nitrogens with zero attached hydrogens (tertiary/aromatic N) is 2. The van der Waals surface area contributed by atoms with E-state index in [0.29, 0.717) is 30.0 Å². The highest BCUT2D eigenvalue weighted by molar-refractivity contribution is 14.0. The van der Waals surface area contributed by atoms with Crippen molar-refractivity contribution in [2.24, 2.45) is 10.9 Å². The molecule has 8 nitrogen and oxygen atoms in total. The normalized spacial score (nSPS) is 15.9. The van der Waals surface area contributed by atoms with E-state index in [-0.39, 0.29) is 24.0 Å². The SMILES string of the molecule is CN=C(NCc1cc(OC)c(OC)cc1OC)NCC(C(C)C)N1CCOCC1.I. The lowest BCUT2D eigenvalue weighted by Gasteiger charge is -2.37. The number of nitrogens with one attached hydrogen (secondary N) is 2. The Balaban J connectivity index is 0.00000450. The fourth-order valence-corrected chi connectivity index (χ4v) is 3.53. The van der Waals surface area contributed by atoms with Crippen LogP contribution in [-0.2, 0) is 11.3 Å². The van der Waals surface area contributed by atoms with Crippen molar-refractivity contribution in [3.63, 3.8) is 0 Å². The molecule has 1 aliphatic heterocycles. The highest BCUT2D eigenvalue weighted by Crippen LogP contribution is 2.34. The first kappa shape index (κ1) is 26.6. The van der Waals surface area contributed by atoms with Crippen molar-refractivity contribution >= 4 is 29.9 Å². The summed E-state index contributed by atoms with van der Waals surface area (Å²) in [6, 6.07) is 4.18. The van der Waals surface area contributed by atoms with E-state index < -0.39 is 0 Å². The van der Waals surface area contributed by atoms with Gasteiger partial charge in [-0.3, -0.25) is 9.89 Å². The van der Waals surface area contributed by atoms with Crippen LogP contribution in [0.25, 0.3) is 0 Å². The van der Waals surface area contributed by atoms with Gasteiger partial charge in [0.1, 0.15) is 5.75 Å². The number of hydrogen-bond acceptors (Lipinski definition) is 6. The minimum atomic E-state index is 0. The molecule has 1 aromatic carbocycles. The number of rotatable bonds is 9. The Morgan fingerprint density at radius 1 is 1.03 bits per heavy atom. The molecule has 1 fully saturated rings. The second-order valence-corrected chi connectivity index (χ2v) is 7.29. The maximum Gasteiger partial charge on any atom is 0.191 e. The van der Waals surface area contributed by atoms with Gasteiger partial charge in [0.05, 0.1) is 34.5 Å². The Labute approximate surface area is 197 Å². The van der Waals surface area contributed by atoms with Gasteiger partial charge in [-0.15, -0.1) is 24.0 Å². The molecule has 172 valence electrons. The monoisotopic (exact) mass is 536 g/mol. The van der Waals surface area contributed by atoms with Crippen LogP contribution in [0.5, 0.6) is 17.2 Å². The van der Waals surface area contributed by atoms with E-state index in [1.807, 2.05) is 12.1 Å². The van der Waals surface area contributed by atoms with E-state index in [1.54, 1.807) is 28.4 Å². The molecule has 9 heteroatoms. The Bertz CT molecular complexity index is 667. The number of guanidine groups is 1. The average Bonchev–Trinajstić information content (AvgIpc) is 2.75. The predicted octanol–water partition coefficient (Wildman–Crippen LogP) is 2.35. The van der Waals surface area contributed by atoms with Gasteiger partial charge in [0.2, 0.25) is 0 Å². The molecule has 1 aliphatic rings. The summed E-state index contributed by atoms with van der Waals surface area (Å²) in [7, 11) is 6.66. The summed E-state index contributed by atoms with van der Waals surface area (Å²) >= 11 is 0. The van der Waals surface area contributed by atoms with E-state index in [2.05, 4.69) is 34.4 Å². The van der Waals surface area contributed by atoms with Crippen molar-refractivity contribution in [1.29, 1.82) is 0 Å². The summed E-state index contributed by atoms with van der Waals surface area (Å²) < 4.78 is 21.8. The molecule has 0 aliphatic carbocycles. The first-order chi connectivity index (χ1) is 14.0. The largest absolute Gasteiger partial charge is 0.496 e. The lowest BCUT2D eigenvalue weighted by molar-refractivity contribution is 0.00752. The molecule has 2 rings (SSSR count). The number of methoxy groups -OCH3 is 3. The second-order valence-electron chi connectivity index (χ2n) is 7.29. The van der Waals surface area contributed by atoms with Crippen LogP contribution in [0.2, 0.25) is 0 Å². The van der Waals surface area contributed by atoms with Gasteiger partial charge in [-0.2, -0.15) is 0 Å². The van der Waals surface area contributed by atoms with Crippen LogP contribution in [0.3, 0.4) is 0 Å². The molecule has 0 amide bonds. The Hall–Kier alpha value is -1.46. The molecule has 1 saturated heterocycles. The summed E-state index contributed by atoms with van der Waals surface area (Å²) in [5.41, 5.74) is 0.960. The quantitative estimate of drug-likeness (QED) is 0.285. The average molecular weight is 536 g/mol. The predicted molar refractivity (Wildman–Crippen MR) is 131 cm³/mol. The Morgan fingerprint density at radius 2 is 1.63 bits per heavy atom. The van der Waals surface area contributed by atoms with E-state index in [1.165, 1.54) is 0 Å². The summed E-state index contributed by atoms with van der Waals surface area (Å²) in [6.07, 6.45) is 0. The van der Waals surface area contributed by atoms with Crippen molar-refractivity contribution < 1.29 is 18.9 Å². The molecule has 0 spiro atoms. The van der Waals surface area contributed by atoms with Crippen LogP contribution in [0.4, 0.5) is 0 Å². The Kier molecular flexibility index (Phi) is 12.2. The summed E-state index contributed by atoms with van der Waals surface area (Å²) in [6.45, 7) is 9.43. The maximum atomic E-state index is 5.51. The third-order valence-corrected chi connectivity index (χ3v) is 5.22. The fraction of sp³-hybridized carbons (Fsp3) is 0.667. The second kappa shape index (κ2) is 13.8. The molecule has 0 aromatic heterocycles. The zero-order valence-electron chi connectivity index (χ0n) is 19.0. The lowest BCUT2D eigenvalue weighted by Crippen LogP contribution is -2.52. The topological polar surface area (TPSA) is 76.6 Å². The van der Waals surface area contributed by atoms with Crippen molar-refractivity contribution in [3.8, 4) is 17.2 Å². The third-order valence-electron chi connectivity index (χ3n) is 5.22. The molecule has 0 saturated carbocycles. The first-order valence-corrected chi connectivity index (χ1v) is 10.1. The molecule has 1 atom stereocenters. The molecule has 1 heterocycles. The standard InChI is InChI=1S/C21H36N4O4.HI/c1-15(2)17(25-7-9-29-10-8-25)14-24-21(22-3)23-13-16-11-19(27-5)20(28-6)12-18(16)26-4;/h11-12,15,17H,7-10,13-14H2,1-6H3,(H2,22,23,24);1H. The van der Waals surface area contributed by atoms with Gasteiger partial charge in [0, 0.05) is 50.9 Å². The van der Waals surface area contributed by atoms with Crippen molar-refractivity contribution in [3.05, 3.63) is 17.7 Å². The number of halogens is 1. The molecule has 2 N–H and O–H groups in total. The first-order valence-electron chi connectivity index (χ1n) is 10.1. The highest BCUT2D eigenvalue weighted by atomic mass is 127. The van der Waals surface area contributed by atoms with Gasteiger partial charge in [0.15, 0.2) is 17.5 Å². The van der Waals surface area contributed by atoms with Crippen LogP contribution in [0, 0.1) is 5.92 Å². The summed E-state index contributed by atoms with van der Waals surface area (Å²) in [5.74, 6) is 3.32. The van der Waals surface area contributed by atoms with E-state index in [0.717, 1.165) is 50.1 Å². The number of hydrogen-bond donors (Lipinski definition) is 2. The molecular weight excluding hydrogens is 499 g/mol. The van der Waals surface area contributed by atoms with Crippen LogP contribution in [-0.4, -0.2) is 78.1 Å². The molecule has 0 radical (unpaired) electrons. The van der Waals surface area contributed by atoms with Gasteiger partial charge in [-0.05, 0) is 12.0 Å². The van der Waals surface area contributed by atoms with Crippen LogP contribution in [0.1, 0.15) is 19.4 Å². The molecule has 30 heavy (non-hydrogen) atoms. The molecule has 1 unspecified atom stereocenters. The van der Waals surface area contributed by atoms with Gasteiger partial charge < -0.3 is 29.6 Å². The van der Waals surface area contributed by atoms with Gasteiger partial charge >= 0.3 is 0 Å². The summed E-state index contributed by atoms with van der Waals surface area (Å²) in [4.78, 5) is 6.86. The van der Waals surface area contributed by atoms with Crippen LogP contribution >= 0.6 is 24.0 Å². The fourth-order valence-electron chi connectivity index (χ4n) is 3.53. The molecular formula is C21H37IN4O4. The molecule has 1 aromatic rings. The number of aliphatic imine (C=N–C) groups is 1. The minimum Gasteiger partial charge on any atom is -0.496 e. The maximum absolute atomic E-state index is 5.51. The zero-order valence-corrected chi connectivity index (χ0v) is 21.3. The smallest absolute Gasteiger partial charge is 0.191 e. The highest BCUT2D eigenvalue weighted by Gasteiger charge is 2.24. The zero-order chi connectivity index (χ0) is 21.2. The van der Waals surface area contributed by atoms with Gasteiger partial charge in [-0.25, -0.2) is 0 Å². The van der Waals surface area contributed by atoms with Gasteiger partial charge in [0.25, 0.3) is 0 Å². The van der Waals surface area contributed by atoms with Crippen LogP contribution < -0.4 is 24.8 Å². The Morgan fingerprint density at radius 3 is 2.17 bits per heavy atom. The van der Waals surface area contributed by atoms with Crippen molar-refractivity contribution in [1.82, 2.24) is 15.5 Å². The third kappa shape index (κ3) is 7.35. The minimum absolute atomic E-state index is 0. The lowest BCUT2D eigenvalue weighted by atomic mass is 10.0. The van der Waals surface area contributed by atoms with E-state index in [9.17, 15) is 0 Å². The number of morpholine rings is 1. The number of ether oxygens (including phenoxy) is 4. The van der Waals surface area contributed by atoms with Crippen molar-refractivity contribution in [2.45, 2.75) is 26.4 Å². The van der Waals surface area contributed by atoms with E-state index >= 15 is 0 Å².